The largest absolute Gasteiger partial charge is 0.481 e. The van der Waals surface area contributed by atoms with Crippen LogP contribution in [0.3, 0.4) is 0 Å². The Hall–Kier alpha value is -3.06. The standard InChI is InChI=1S/C23H22ClF2N3O7/c1-22(2,20(30)31)23(32)9-35-16-15(8-33-17(16)23)36-21-27-14-6-11(24)19(28-18(14)29-21)34-7-10-12(25)4-3-5-13(10)26/h3-6,15-17,32H,7-9H2,1-2H3,(H,30,31)(H,27,28,29)/t15-,16-,17+,23-/m1/s1. The smallest absolute Gasteiger partial charge is 0.312 e. The number of carbonyl (C=O) groups is 1. The van der Waals surface area contributed by atoms with Crippen molar-refractivity contribution in [2.75, 3.05) is 13.2 Å². The van der Waals surface area contributed by atoms with E-state index in [9.17, 15) is 23.8 Å². The maximum absolute atomic E-state index is 13.9. The average molecular weight is 526 g/mol. The molecule has 10 nitrogen and oxygen atoms in total. The van der Waals surface area contributed by atoms with E-state index in [1.807, 2.05) is 0 Å². The predicted octanol–water partition coefficient (Wildman–Crippen LogP) is 2.86. The number of hydrogen-bond acceptors (Lipinski definition) is 8. The van der Waals surface area contributed by atoms with Crippen molar-refractivity contribution in [1.29, 1.82) is 0 Å². The average Bonchev–Trinajstić information content (AvgIpc) is 3.49. The molecule has 0 bridgehead atoms. The summed E-state index contributed by atoms with van der Waals surface area (Å²) in [4.78, 5) is 23.1. The van der Waals surface area contributed by atoms with Gasteiger partial charge >= 0.3 is 5.97 Å². The molecule has 3 N–H and O–H groups in total. The highest BCUT2D eigenvalue weighted by Crippen LogP contribution is 2.45. The lowest BCUT2D eigenvalue weighted by Crippen LogP contribution is -2.58. The molecule has 2 fully saturated rings. The SMILES string of the molecule is CC(C)(C(=O)O)[C@@]1(O)CO[C@@H]2[C@H](Oc3nc4nc(OCc5c(F)cccc5F)c(Cl)cc4[nH]3)CO[C@@H]21. The summed E-state index contributed by atoms with van der Waals surface area (Å²) in [6, 6.07) is 5.01. The Morgan fingerprint density at radius 1 is 1.31 bits per heavy atom. The van der Waals surface area contributed by atoms with E-state index in [1.54, 1.807) is 0 Å². The molecule has 3 aromatic rings. The molecule has 192 valence electrons. The molecule has 1 aromatic carbocycles. The zero-order valence-corrected chi connectivity index (χ0v) is 19.9. The number of nitrogens with one attached hydrogen (secondary N) is 1. The van der Waals surface area contributed by atoms with E-state index in [0.29, 0.717) is 5.52 Å². The number of pyridine rings is 1. The van der Waals surface area contributed by atoms with Gasteiger partial charge < -0.3 is 34.1 Å². The Balaban J connectivity index is 1.31. The van der Waals surface area contributed by atoms with Gasteiger partial charge in [0.25, 0.3) is 6.01 Å². The molecule has 36 heavy (non-hydrogen) atoms. The van der Waals surface area contributed by atoms with Gasteiger partial charge in [-0.05, 0) is 32.0 Å². The second kappa shape index (κ2) is 8.80. The summed E-state index contributed by atoms with van der Waals surface area (Å²) in [5.74, 6) is -2.77. The molecule has 0 radical (unpaired) electrons. The molecule has 2 saturated heterocycles. The number of aromatic nitrogens is 3. The number of benzene rings is 1. The number of carboxylic acids is 1. The van der Waals surface area contributed by atoms with Crippen molar-refractivity contribution in [3.63, 3.8) is 0 Å². The number of nitrogens with zero attached hydrogens (tertiary/aromatic N) is 2. The second-order valence-corrected chi connectivity index (χ2v) is 9.62. The molecule has 0 amide bonds. The van der Waals surface area contributed by atoms with Crippen molar-refractivity contribution < 1.29 is 42.7 Å². The van der Waals surface area contributed by atoms with E-state index >= 15 is 0 Å². The van der Waals surface area contributed by atoms with Crippen LogP contribution in [-0.2, 0) is 20.9 Å². The summed E-state index contributed by atoms with van der Waals surface area (Å²) < 4.78 is 50.5. The third-order valence-electron chi connectivity index (χ3n) is 6.74. The molecule has 0 saturated carbocycles. The van der Waals surface area contributed by atoms with Crippen LogP contribution in [0, 0.1) is 17.0 Å². The van der Waals surface area contributed by atoms with Gasteiger partial charge in [0.15, 0.2) is 11.8 Å². The number of ether oxygens (including phenoxy) is 4. The van der Waals surface area contributed by atoms with Crippen LogP contribution in [0.25, 0.3) is 11.2 Å². The van der Waals surface area contributed by atoms with Gasteiger partial charge in [-0.2, -0.15) is 9.97 Å². The Bertz CT molecular complexity index is 1320. The number of carboxylic acid groups (broad SMARTS) is 1. The number of hydrogen-bond donors (Lipinski definition) is 3. The van der Waals surface area contributed by atoms with Gasteiger partial charge in [-0.15, -0.1) is 0 Å². The van der Waals surface area contributed by atoms with Gasteiger partial charge in [0.05, 0.1) is 29.7 Å². The number of aromatic amines is 1. The van der Waals surface area contributed by atoms with Crippen LogP contribution < -0.4 is 9.47 Å². The Labute approximate surface area is 208 Å². The fourth-order valence-electron chi connectivity index (χ4n) is 4.31. The lowest BCUT2D eigenvalue weighted by molar-refractivity contribution is -0.178. The summed E-state index contributed by atoms with van der Waals surface area (Å²) in [5, 5.41) is 20.7. The Morgan fingerprint density at radius 3 is 2.72 bits per heavy atom. The number of aliphatic hydroxyl groups is 1. The first-order valence-corrected chi connectivity index (χ1v) is 11.4. The number of fused-ring (bicyclic) bond motifs is 2. The zero-order chi connectivity index (χ0) is 25.8. The third kappa shape index (κ3) is 3.94. The maximum atomic E-state index is 13.9. The summed E-state index contributed by atoms with van der Waals surface area (Å²) in [7, 11) is 0. The molecule has 4 atom stereocenters. The number of aliphatic carboxylic acids is 1. The molecule has 2 aliphatic heterocycles. The van der Waals surface area contributed by atoms with Crippen molar-refractivity contribution in [3.8, 4) is 11.9 Å². The molecule has 4 heterocycles. The maximum Gasteiger partial charge on any atom is 0.312 e. The van der Waals surface area contributed by atoms with E-state index < -0.39 is 53.5 Å². The number of H-pyrrole nitrogens is 1. The lowest BCUT2D eigenvalue weighted by Gasteiger charge is -2.38. The van der Waals surface area contributed by atoms with Crippen LogP contribution in [-0.4, -0.2) is 68.3 Å². The molecule has 0 spiro atoms. The number of rotatable bonds is 7. The Kier molecular flexibility index (Phi) is 6.02. The van der Waals surface area contributed by atoms with E-state index in [1.165, 1.54) is 26.0 Å². The summed E-state index contributed by atoms with van der Waals surface area (Å²) in [6.45, 7) is 2.18. The van der Waals surface area contributed by atoms with E-state index in [-0.39, 0.29) is 41.3 Å². The fourth-order valence-corrected chi connectivity index (χ4v) is 4.51. The molecule has 2 aliphatic rings. The minimum atomic E-state index is -1.76. The number of imidazole rings is 1. The minimum Gasteiger partial charge on any atom is -0.481 e. The zero-order valence-electron chi connectivity index (χ0n) is 19.1. The van der Waals surface area contributed by atoms with Crippen molar-refractivity contribution in [2.45, 2.75) is 44.4 Å². The van der Waals surface area contributed by atoms with Crippen LogP contribution in [0.5, 0.6) is 11.9 Å². The predicted molar refractivity (Wildman–Crippen MR) is 120 cm³/mol. The topological polar surface area (TPSA) is 136 Å². The third-order valence-corrected chi connectivity index (χ3v) is 7.01. The summed E-state index contributed by atoms with van der Waals surface area (Å²) in [5.41, 5.74) is -2.96. The number of halogens is 3. The van der Waals surface area contributed by atoms with Crippen molar-refractivity contribution in [2.24, 2.45) is 5.41 Å². The van der Waals surface area contributed by atoms with Crippen LogP contribution in [0.2, 0.25) is 5.02 Å². The molecular weight excluding hydrogens is 504 g/mol. The van der Waals surface area contributed by atoms with Crippen molar-refractivity contribution in [1.82, 2.24) is 15.0 Å². The highest BCUT2D eigenvalue weighted by Gasteiger charge is 2.65. The summed E-state index contributed by atoms with van der Waals surface area (Å²) in [6.07, 6.45) is -2.33. The van der Waals surface area contributed by atoms with Crippen LogP contribution >= 0.6 is 11.6 Å². The van der Waals surface area contributed by atoms with E-state index in [4.69, 9.17) is 30.5 Å². The highest BCUT2D eigenvalue weighted by molar-refractivity contribution is 6.32. The first kappa shape index (κ1) is 24.6. The van der Waals surface area contributed by atoms with Gasteiger partial charge in [-0.25, -0.2) is 8.78 Å². The van der Waals surface area contributed by atoms with Crippen LogP contribution in [0.4, 0.5) is 8.78 Å². The summed E-state index contributed by atoms with van der Waals surface area (Å²) >= 11 is 6.22. The van der Waals surface area contributed by atoms with E-state index in [0.717, 1.165) is 12.1 Å². The molecule has 13 heteroatoms. The molecule has 0 unspecified atom stereocenters. The van der Waals surface area contributed by atoms with Gasteiger partial charge in [0.1, 0.15) is 41.1 Å². The highest BCUT2D eigenvalue weighted by atomic mass is 35.5. The van der Waals surface area contributed by atoms with Crippen LogP contribution in [0.1, 0.15) is 19.4 Å². The Morgan fingerprint density at radius 2 is 2.03 bits per heavy atom. The molecule has 0 aliphatic carbocycles. The van der Waals surface area contributed by atoms with Gasteiger partial charge in [0.2, 0.25) is 5.88 Å². The van der Waals surface area contributed by atoms with Crippen molar-refractivity contribution in [3.05, 3.63) is 46.5 Å². The van der Waals surface area contributed by atoms with Crippen molar-refractivity contribution >= 4 is 28.7 Å². The van der Waals surface area contributed by atoms with Crippen LogP contribution in [0.15, 0.2) is 24.3 Å². The first-order valence-electron chi connectivity index (χ1n) is 11.0. The van der Waals surface area contributed by atoms with E-state index in [2.05, 4.69) is 15.0 Å². The normalized spacial score (nSPS) is 25.8. The minimum absolute atomic E-state index is 0.0289. The molecular formula is C23H22ClF2N3O7. The fraction of sp³-hybridized carbons (Fsp3) is 0.435. The first-order chi connectivity index (χ1) is 17.0. The second-order valence-electron chi connectivity index (χ2n) is 9.22. The quantitative estimate of drug-likeness (QED) is 0.425. The van der Waals surface area contributed by atoms with Gasteiger partial charge in [-0.3, -0.25) is 4.79 Å². The van der Waals surface area contributed by atoms with Gasteiger partial charge in [-0.1, -0.05) is 17.7 Å². The monoisotopic (exact) mass is 525 g/mol. The van der Waals surface area contributed by atoms with Gasteiger partial charge in [0, 0.05) is 0 Å². The molecule has 5 rings (SSSR count). The molecule has 2 aromatic heterocycles. The lowest BCUT2D eigenvalue weighted by atomic mass is 9.72.